The maximum Gasteiger partial charge on any atom is 0.116 e. The minimum absolute atomic E-state index is 0.739. The van der Waals surface area contributed by atoms with Crippen molar-refractivity contribution < 1.29 is 4.84 Å². The minimum atomic E-state index is 0.739. The molecule has 0 aliphatic rings. The molecule has 0 rings (SSSR count). The lowest BCUT2D eigenvalue weighted by Gasteiger charge is -1.92. The Labute approximate surface area is 63.3 Å². The fourth-order valence-corrected chi connectivity index (χ4v) is 0.545. The lowest BCUT2D eigenvalue weighted by molar-refractivity contribution is 0.146. The zero-order valence-electron chi connectivity index (χ0n) is 6.97. The Morgan fingerprint density at radius 1 is 1.30 bits per heavy atom. The molecule has 0 aliphatic carbocycles. The zero-order chi connectivity index (χ0) is 7.66. The Morgan fingerprint density at radius 2 is 2.10 bits per heavy atom. The molecule has 0 aromatic carbocycles. The molecule has 0 N–H and O–H groups in total. The van der Waals surface area contributed by atoms with E-state index in [0.29, 0.717) is 0 Å². The highest BCUT2D eigenvalue weighted by Gasteiger charge is 1.79. The predicted molar refractivity (Wildman–Crippen MR) is 44.3 cm³/mol. The van der Waals surface area contributed by atoms with Crippen LogP contribution >= 0.6 is 0 Å². The first-order valence-electron chi connectivity index (χ1n) is 4.05. The smallest absolute Gasteiger partial charge is 0.116 e. The van der Waals surface area contributed by atoms with Gasteiger partial charge in [0.2, 0.25) is 0 Å². The Balaban J connectivity index is 2.89. The van der Waals surface area contributed by atoms with Gasteiger partial charge >= 0.3 is 0 Å². The largest absolute Gasteiger partial charge is 0.396 e. The summed E-state index contributed by atoms with van der Waals surface area (Å²) in [7, 11) is 0. The van der Waals surface area contributed by atoms with E-state index in [1.807, 2.05) is 6.21 Å². The summed E-state index contributed by atoms with van der Waals surface area (Å²) >= 11 is 0. The first-order valence-corrected chi connectivity index (χ1v) is 4.05. The highest BCUT2D eigenvalue weighted by molar-refractivity contribution is 5.55. The van der Waals surface area contributed by atoms with Crippen LogP contribution in [0.5, 0.6) is 0 Å². The lowest BCUT2D eigenvalue weighted by atomic mass is 10.3. The standard InChI is InChI=1S/C8H17NO/c1-3-5-6-7-9-10-8-4-2/h7H,3-6,8H2,1-2H3. The van der Waals surface area contributed by atoms with Crippen molar-refractivity contribution in [3.8, 4) is 0 Å². The van der Waals surface area contributed by atoms with Crippen molar-refractivity contribution in [2.45, 2.75) is 39.5 Å². The molecule has 0 unspecified atom stereocenters. The number of hydrogen-bond acceptors (Lipinski definition) is 2. The number of oxime groups is 1. The summed E-state index contributed by atoms with van der Waals surface area (Å²) in [5.74, 6) is 0. The van der Waals surface area contributed by atoms with Crippen LogP contribution in [0.3, 0.4) is 0 Å². The van der Waals surface area contributed by atoms with Crippen LogP contribution in [0.25, 0.3) is 0 Å². The fourth-order valence-electron chi connectivity index (χ4n) is 0.545. The normalized spacial score (nSPS) is 10.6. The third kappa shape index (κ3) is 7.47. The molecular weight excluding hydrogens is 126 g/mol. The summed E-state index contributed by atoms with van der Waals surface area (Å²) in [5.41, 5.74) is 0. The minimum Gasteiger partial charge on any atom is -0.396 e. The van der Waals surface area contributed by atoms with Gasteiger partial charge in [-0.3, -0.25) is 0 Å². The fraction of sp³-hybridized carbons (Fsp3) is 0.875. The Morgan fingerprint density at radius 3 is 2.70 bits per heavy atom. The van der Waals surface area contributed by atoms with Gasteiger partial charge in [-0.25, -0.2) is 0 Å². The quantitative estimate of drug-likeness (QED) is 0.318. The van der Waals surface area contributed by atoms with E-state index < -0.39 is 0 Å². The maximum absolute atomic E-state index is 4.90. The molecule has 0 bridgehead atoms. The van der Waals surface area contributed by atoms with Gasteiger partial charge in [0.15, 0.2) is 0 Å². The molecule has 0 aromatic heterocycles. The van der Waals surface area contributed by atoms with E-state index in [2.05, 4.69) is 19.0 Å². The number of nitrogens with zero attached hydrogens (tertiary/aromatic N) is 1. The number of rotatable bonds is 6. The molecule has 0 aliphatic heterocycles. The maximum atomic E-state index is 4.90. The van der Waals surface area contributed by atoms with E-state index in [1.54, 1.807) is 0 Å². The van der Waals surface area contributed by atoms with Crippen molar-refractivity contribution in [3.05, 3.63) is 0 Å². The van der Waals surface area contributed by atoms with Crippen molar-refractivity contribution in [1.82, 2.24) is 0 Å². The molecular formula is C8H17NO. The first-order chi connectivity index (χ1) is 4.91. The Hall–Kier alpha value is -0.530. The van der Waals surface area contributed by atoms with Crippen molar-refractivity contribution >= 4 is 6.21 Å². The molecule has 10 heavy (non-hydrogen) atoms. The van der Waals surface area contributed by atoms with Gasteiger partial charge in [-0.05, 0) is 19.3 Å². The summed E-state index contributed by atoms with van der Waals surface area (Å²) in [6, 6.07) is 0. The van der Waals surface area contributed by atoms with Crippen LogP contribution in [0.4, 0.5) is 0 Å². The molecule has 0 heterocycles. The van der Waals surface area contributed by atoms with Crippen molar-refractivity contribution in [2.75, 3.05) is 6.61 Å². The van der Waals surface area contributed by atoms with Crippen molar-refractivity contribution in [1.29, 1.82) is 0 Å². The van der Waals surface area contributed by atoms with E-state index in [-0.39, 0.29) is 0 Å². The highest BCUT2D eigenvalue weighted by atomic mass is 16.6. The molecule has 0 aromatic rings. The van der Waals surface area contributed by atoms with Crippen LogP contribution in [-0.2, 0) is 4.84 Å². The molecule has 2 nitrogen and oxygen atoms in total. The molecule has 0 spiro atoms. The molecule has 0 saturated heterocycles. The molecule has 2 heteroatoms. The van der Waals surface area contributed by atoms with E-state index in [0.717, 1.165) is 19.4 Å². The van der Waals surface area contributed by atoms with Gasteiger partial charge < -0.3 is 4.84 Å². The van der Waals surface area contributed by atoms with Gasteiger partial charge in [0, 0.05) is 6.21 Å². The average Bonchev–Trinajstić information content (AvgIpc) is 1.97. The molecule has 0 amide bonds. The van der Waals surface area contributed by atoms with Crippen LogP contribution in [0.15, 0.2) is 5.16 Å². The van der Waals surface area contributed by atoms with Gasteiger partial charge in [-0.15, -0.1) is 0 Å². The summed E-state index contributed by atoms with van der Waals surface area (Å²) in [4.78, 5) is 4.90. The molecule has 0 fully saturated rings. The molecule has 60 valence electrons. The second-order valence-electron chi connectivity index (χ2n) is 2.26. The van der Waals surface area contributed by atoms with Gasteiger partial charge in [0.05, 0.1) is 0 Å². The van der Waals surface area contributed by atoms with E-state index in [4.69, 9.17) is 4.84 Å². The summed E-state index contributed by atoms with van der Waals surface area (Å²) in [5, 5.41) is 3.77. The second-order valence-corrected chi connectivity index (χ2v) is 2.26. The van der Waals surface area contributed by atoms with Gasteiger partial charge in [0.25, 0.3) is 0 Å². The number of unbranched alkanes of at least 4 members (excludes halogenated alkanes) is 2. The predicted octanol–water partition coefficient (Wildman–Crippen LogP) is 2.59. The van der Waals surface area contributed by atoms with Crippen LogP contribution in [0, 0.1) is 0 Å². The van der Waals surface area contributed by atoms with Gasteiger partial charge in [0.1, 0.15) is 6.61 Å². The lowest BCUT2D eigenvalue weighted by Crippen LogP contribution is -1.84. The van der Waals surface area contributed by atoms with E-state index in [9.17, 15) is 0 Å². The zero-order valence-corrected chi connectivity index (χ0v) is 6.97. The second kappa shape index (κ2) is 8.47. The van der Waals surface area contributed by atoms with Gasteiger partial charge in [-0.2, -0.15) is 0 Å². The van der Waals surface area contributed by atoms with Gasteiger partial charge in [-0.1, -0.05) is 25.4 Å². The van der Waals surface area contributed by atoms with E-state index >= 15 is 0 Å². The molecule has 0 radical (unpaired) electrons. The number of hydrogen-bond donors (Lipinski definition) is 0. The third-order valence-electron chi connectivity index (χ3n) is 1.13. The Bertz CT molecular complexity index is 71.3. The van der Waals surface area contributed by atoms with Crippen LogP contribution in [0.1, 0.15) is 39.5 Å². The third-order valence-corrected chi connectivity index (χ3v) is 1.13. The Kier molecular flexibility index (Phi) is 8.02. The highest BCUT2D eigenvalue weighted by Crippen LogP contribution is 1.90. The van der Waals surface area contributed by atoms with Crippen LogP contribution < -0.4 is 0 Å². The first kappa shape index (κ1) is 9.47. The molecule has 0 saturated carbocycles. The van der Waals surface area contributed by atoms with Crippen molar-refractivity contribution in [3.63, 3.8) is 0 Å². The van der Waals surface area contributed by atoms with Crippen molar-refractivity contribution in [2.24, 2.45) is 5.16 Å². The monoisotopic (exact) mass is 143 g/mol. The summed E-state index contributed by atoms with van der Waals surface area (Å²) in [6.45, 7) is 4.98. The summed E-state index contributed by atoms with van der Waals surface area (Å²) in [6.07, 6.45) is 6.35. The molecule has 0 atom stereocenters. The average molecular weight is 143 g/mol. The topological polar surface area (TPSA) is 21.6 Å². The SMILES string of the molecule is CCCCC=NOCCC. The van der Waals surface area contributed by atoms with Crippen LogP contribution in [-0.4, -0.2) is 12.8 Å². The van der Waals surface area contributed by atoms with E-state index in [1.165, 1.54) is 12.8 Å². The van der Waals surface area contributed by atoms with Crippen LogP contribution in [0.2, 0.25) is 0 Å². The summed E-state index contributed by atoms with van der Waals surface area (Å²) < 4.78 is 0.